The predicted octanol–water partition coefficient (Wildman–Crippen LogP) is 1.95. The fourth-order valence-corrected chi connectivity index (χ4v) is 4.46. The monoisotopic (exact) mass is 433 g/mol. The Morgan fingerprint density at radius 1 is 1.09 bits per heavy atom. The third-order valence-electron chi connectivity index (χ3n) is 5.96. The van der Waals surface area contributed by atoms with E-state index in [-0.39, 0.29) is 11.8 Å². The van der Waals surface area contributed by atoms with Gasteiger partial charge in [-0.25, -0.2) is 15.0 Å². The number of likely N-dealkylation sites (tertiary alicyclic amines) is 1. The molecule has 3 aromatic heterocycles. The summed E-state index contributed by atoms with van der Waals surface area (Å²) >= 11 is 0. The molecule has 2 unspecified atom stereocenters. The number of hydrogen-bond acceptors (Lipinski definition) is 8. The van der Waals surface area contributed by atoms with Crippen molar-refractivity contribution in [2.75, 3.05) is 27.3 Å². The second kappa shape index (κ2) is 8.03. The second-order valence-electron chi connectivity index (χ2n) is 7.96. The maximum absolute atomic E-state index is 13.5. The molecule has 0 N–H and O–H groups in total. The maximum Gasteiger partial charge on any atom is 0.256 e. The van der Waals surface area contributed by atoms with Crippen LogP contribution >= 0.6 is 0 Å². The minimum absolute atomic E-state index is 0.0877. The lowest BCUT2D eigenvalue weighted by atomic mass is 9.99. The Balaban J connectivity index is 1.40. The van der Waals surface area contributed by atoms with Crippen LogP contribution in [0.5, 0.6) is 11.8 Å². The van der Waals surface area contributed by atoms with Gasteiger partial charge < -0.3 is 14.4 Å². The number of ether oxygens (including phenoxy) is 2. The Morgan fingerprint density at radius 3 is 2.62 bits per heavy atom. The van der Waals surface area contributed by atoms with Crippen molar-refractivity contribution in [1.29, 1.82) is 0 Å². The summed E-state index contributed by atoms with van der Waals surface area (Å²) in [5.41, 5.74) is 3.76. The molecule has 0 bridgehead atoms. The molecular weight excluding hydrogens is 410 g/mol. The zero-order chi connectivity index (χ0) is 22.2. The van der Waals surface area contributed by atoms with E-state index >= 15 is 0 Å². The van der Waals surface area contributed by atoms with E-state index in [2.05, 4.69) is 31.2 Å². The highest BCUT2D eigenvalue weighted by atomic mass is 16.5. The summed E-state index contributed by atoms with van der Waals surface area (Å²) in [4.78, 5) is 30.0. The molecule has 5 rings (SSSR count). The van der Waals surface area contributed by atoms with Gasteiger partial charge in [-0.3, -0.25) is 4.79 Å². The van der Waals surface area contributed by atoms with Crippen molar-refractivity contribution in [1.82, 2.24) is 34.8 Å². The minimum atomic E-state index is -0.0877. The standard InChI is InChI=1S/C22H23N7O3/c1-13-9-24-21(32-3)20(27-13)14-6-15-11-28(12-16(15)7-14)22(30)17-8-19(31-2)23-10-18(17)29-25-4-5-26-29/h4-6,8-10,15-16H,7,11-12H2,1-3H3. The zero-order valence-corrected chi connectivity index (χ0v) is 18.1. The minimum Gasteiger partial charge on any atom is -0.481 e. The van der Waals surface area contributed by atoms with Crippen LogP contribution in [-0.2, 0) is 0 Å². The number of hydrogen-bond donors (Lipinski definition) is 0. The Labute approximate surface area is 184 Å². The average Bonchev–Trinajstić information content (AvgIpc) is 3.55. The smallest absolute Gasteiger partial charge is 0.256 e. The van der Waals surface area contributed by atoms with Crippen LogP contribution in [-0.4, -0.2) is 68.1 Å². The first kappa shape index (κ1) is 20.1. The highest BCUT2D eigenvalue weighted by molar-refractivity contribution is 5.98. The Kier molecular flexibility index (Phi) is 5.04. The molecule has 10 heteroatoms. The summed E-state index contributed by atoms with van der Waals surface area (Å²) in [6.07, 6.45) is 9.43. The van der Waals surface area contributed by atoms with Gasteiger partial charge in [0, 0.05) is 19.2 Å². The normalized spacial score (nSPS) is 19.6. The van der Waals surface area contributed by atoms with Crippen LogP contribution in [0, 0.1) is 18.8 Å². The number of aromatic nitrogens is 6. The molecule has 1 aliphatic carbocycles. The van der Waals surface area contributed by atoms with Crippen molar-refractivity contribution in [3.05, 3.63) is 53.9 Å². The summed E-state index contributed by atoms with van der Waals surface area (Å²) in [7, 11) is 3.13. The van der Waals surface area contributed by atoms with E-state index in [1.165, 1.54) is 11.9 Å². The lowest BCUT2D eigenvalue weighted by Crippen LogP contribution is -2.30. The number of pyridine rings is 1. The van der Waals surface area contributed by atoms with Gasteiger partial charge in [-0.2, -0.15) is 10.2 Å². The molecule has 1 saturated heterocycles. The fraction of sp³-hybridized carbons (Fsp3) is 0.364. The number of carbonyl (C=O) groups is 1. The number of nitrogens with zero attached hydrogens (tertiary/aromatic N) is 7. The van der Waals surface area contributed by atoms with E-state index in [0.29, 0.717) is 42.0 Å². The van der Waals surface area contributed by atoms with Gasteiger partial charge in [-0.05, 0) is 30.8 Å². The van der Waals surface area contributed by atoms with Crippen LogP contribution in [0.2, 0.25) is 0 Å². The number of fused-ring (bicyclic) bond motifs is 1. The van der Waals surface area contributed by atoms with E-state index in [9.17, 15) is 4.79 Å². The summed E-state index contributed by atoms with van der Waals surface area (Å²) < 4.78 is 10.7. The van der Waals surface area contributed by atoms with Crippen molar-refractivity contribution in [2.24, 2.45) is 11.8 Å². The Bertz CT molecular complexity index is 1190. The number of amides is 1. The summed E-state index contributed by atoms with van der Waals surface area (Å²) in [6.45, 7) is 3.20. The first-order valence-corrected chi connectivity index (χ1v) is 10.4. The molecular formula is C22H23N7O3. The molecule has 32 heavy (non-hydrogen) atoms. The van der Waals surface area contributed by atoms with E-state index in [1.807, 2.05) is 11.8 Å². The van der Waals surface area contributed by atoms with Gasteiger partial charge >= 0.3 is 0 Å². The van der Waals surface area contributed by atoms with Gasteiger partial charge in [0.15, 0.2) is 0 Å². The van der Waals surface area contributed by atoms with Gasteiger partial charge in [0.2, 0.25) is 11.8 Å². The molecule has 4 heterocycles. The molecule has 0 aromatic carbocycles. The largest absolute Gasteiger partial charge is 0.481 e. The summed E-state index contributed by atoms with van der Waals surface area (Å²) in [5, 5.41) is 8.31. The van der Waals surface area contributed by atoms with Crippen LogP contribution in [0.25, 0.3) is 11.3 Å². The number of rotatable bonds is 5. The Morgan fingerprint density at radius 2 is 1.91 bits per heavy atom. The first-order valence-electron chi connectivity index (χ1n) is 10.4. The van der Waals surface area contributed by atoms with Gasteiger partial charge in [0.25, 0.3) is 5.91 Å². The average molecular weight is 433 g/mol. The van der Waals surface area contributed by atoms with Crippen molar-refractivity contribution < 1.29 is 14.3 Å². The third kappa shape index (κ3) is 3.47. The zero-order valence-electron chi connectivity index (χ0n) is 18.1. The van der Waals surface area contributed by atoms with Crippen LogP contribution in [0.3, 0.4) is 0 Å². The first-order chi connectivity index (χ1) is 15.6. The van der Waals surface area contributed by atoms with Gasteiger partial charge in [0.05, 0.1) is 50.3 Å². The van der Waals surface area contributed by atoms with E-state index in [1.54, 1.807) is 38.0 Å². The fourth-order valence-electron chi connectivity index (χ4n) is 4.46. The SMILES string of the molecule is COc1cc(C(=O)N2CC3C=C(c4nc(C)cnc4OC)CC3C2)c(-n2nccn2)cn1. The third-order valence-corrected chi connectivity index (χ3v) is 5.96. The lowest BCUT2D eigenvalue weighted by Gasteiger charge is -2.19. The number of methoxy groups -OCH3 is 2. The highest BCUT2D eigenvalue weighted by Crippen LogP contribution is 2.42. The van der Waals surface area contributed by atoms with Gasteiger partial charge in [0.1, 0.15) is 11.4 Å². The van der Waals surface area contributed by atoms with E-state index < -0.39 is 0 Å². The van der Waals surface area contributed by atoms with Gasteiger partial charge in [-0.15, -0.1) is 4.80 Å². The molecule has 0 radical (unpaired) electrons. The lowest BCUT2D eigenvalue weighted by molar-refractivity contribution is 0.0784. The van der Waals surface area contributed by atoms with Crippen LogP contribution < -0.4 is 9.47 Å². The van der Waals surface area contributed by atoms with Crippen molar-refractivity contribution in [3.8, 4) is 17.4 Å². The molecule has 0 spiro atoms. The summed E-state index contributed by atoms with van der Waals surface area (Å²) in [5.74, 6) is 1.41. The molecule has 164 valence electrons. The van der Waals surface area contributed by atoms with E-state index in [4.69, 9.17) is 9.47 Å². The van der Waals surface area contributed by atoms with Crippen LogP contribution in [0.4, 0.5) is 0 Å². The topological polar surface area (TPSA) is 108 Å². The molecule has 2 atom stereocenters. The molecule has 1 amide bonds. The van der Waals surface area contributed by atoms with Crippen LogP contribution in [0.1, 0.15) is 28.2 Å². The molecule has 2 aliphatic rings. The molecule has 1 aliphatic heterocycles. The molecule has 10 nitrogen and oxygen atoms in total. The predicted molar refractivity (Wildman–Crippen MR) is 115 cm³/mol. The quantitative estimate of drug-likeness (QED) is 0.601. The number of carbonyl (C=O) groups excluding carboxylic acids is 1. The number of allylic oxidation sites excluding steroid dienone is 1. The summed E-state index contributed by atoms with van der Waals surface area (Å²) in [6, 6.07) is 1.64. The van der Waals surface area contributed by atoms with Crippen molar-refractivity contribution in [3.63, 3.8) is 0 Å². The van der Waals surface area contributed by atoms with Gasteiger partial charge in [-0.1, -0.05) is 6.08 Å². The molecule has 3 aromatic rings. The van der Waals surface area contributed by atoms with E-state index in [0.717, 1.165) is 23.4 Å². The number of aryl methyl sites for hydroxylation is 1. The van der Waals surface area contributed by atoms with Crippen molar-refractivity contribution in [2.45, 2.75) is 13.3 Å². The van der Waals surface area contributed by atoms with Crippen molar-refractivity contribution >= 4 is 11.5 Å². The maximum atomic E-state index is 13.5. The molecule has 0 saturated carbocycles. The van der Waals surface area contributed by atoms with Crippen LogP contribution in [0.15, 0.2) is 36.9 Å². The second-order valence-corrected chi connectivity index (χ2v) is 7.96. The highest BCUT2D eigenvalue weighted by Gasteiger charge is 2.40. The molecule has 1 fully saturated rings. The Hall–Kier alpha value is -3.82.